The molecule has 0 aliphatic carbocycles. The molecule has 1 atom stereocenters. The van der Waals surface area contributed by atoms with E-state index in [1.54, 1.807) is 0 Å². The van der Waals surface area contributed by atoms with Crippen molar-refractivity contribution in [3.63, 3.8) is 0 Å². The molecule has 1 amide bonds. The van der Waals surface area contributed by atoms with Gasteiger partial charge in [0.25, 0.3) is 0 Å². The van der Waals surface area contributed by atoms with Gasteiger partial charge in [0, 0.05) is 19.0 Å². The number of hydrogen-bond donors (Lipinski definition) is 0. The van der Waals surface area contributed by atoms with E-state index in [1.807, 2.05) is 6.07 Å². The first-order valence-corrected chi connectivity index (χ1v) is 5.66. The molecule has 1 aromatic rings. The Morgan fingerprint density at radius 2 is 2.12 bits per heavy atom. The molecule has 1 fully saturated rings. The maximum atomic E-state index is 13.5. The largest absolute Gasteiger partial charge is 0.308 e. The molecule has 1 aliphatic heterocycles. The number of halogens is 3. The molecule has 0 radical (unpaired) electrons. The number of carbonyl (C=O) groups is 1. The van der Waals surface area contributed by atoms with E-state index in [2.05, 4.69) is 15.9 Å². The van der Waals surface area contributed by atoms with Gasteiger partial charge in [-0.05, 0) is 22.0 Å². The van der Waals surface area contributed by atoms with Crippen LogP contribution in [0.2, 0.25) is 0 Å². The second-order valence-electron chi connectivity index (χ2n) is 3.75. The molecule has 2 rings (SSSR count). The summed E-state index contributed by atoms with van der Waals surface area (Å²) in [5, 5.41) is 8.72. The van der Waals surface area contributed by atoms with E-state index < -0.39 is 17.6 Å². The van der Waals surface area contributed by atoms with Crippen LogP contribution in [-0.2, 0) is 4.79 Å². The maximum absolute atomic E-state index is 13.5. The number of rotatable bonds is 1. The molecule has 88 valence electrons. The van der Waals surface area contributed by atoms with Crippen molar-refractivity contribution in [3.8, 4) is 6.07 Å². The lowest BCUT2D eigenvalue weighted by Crippen LogP contribution is -2.25. The number of nitrogens with zero attached hydrogens (tertiary/aromatic N) is 2. The molecule has 0 bridgehead atoms. The highest BCUT2D eigenvalue weighted by molar-refractivity contribution is 9.10. The molecule has 1 heterocycles. The second-order valence-corrected chi connectivity index (χ2v) is 4.61. The van der Waals surface area contributed by atoms with E-state index in [-0.39, 0.29) is 29.0 Å². The van der Waals surface area contributed by atoms with Gasteiger partial charge in [-0.3, -0.25) is 4.79 Å². The summed E-state index contributed by atoms with van der Waals surface area (Å²) in [5.41, 5.74) is 0.000949. The highest BCUT2D eigenvalue weighted by Crippen LogP contribution is 2.31. The maximum Gasteiger partial charge on any atom is 0.228 e. The summed E-state index contributed by atoms with van der Waals surface area (Å²) in [4.78, 5) is 12.8. The molecule has 0 N–H and O–H groups in total. The van der Waals surface area contributed by atoms with Crippen molar-refractivity contribution >= 4 is 27.5 Å². The number of hydrogen-bond acceptors (Lipinski definition) is 2. The summed E-state index contributed by atoms with van der Waals surface area (Å²) in [5.74, 6) is -2.30. The predicted octanol–water partition coefficient (Wildman–Crippen LogP) is 2.60. The average Bonchev–Trinajstić information content (AvgIpc) is 2.65. The molecule has 1 saturated heterocycles. The van der Waals surface area contributed by atoms with Crippen LogP contribution in [0.25, 0.3) is 0 Å². The zero-order chi connectivity index (χ0) is 12.6. The van der Waals surface area contributed by atoms with Gasteiger partial charge in [0.2, 0.25) is 5.91 Å². The van der Waals surface area contributed by atoms with Gasteiger partial charge < -0.3 is 4.90 Å². The number of amides is 1. The summed E-state index contributed by atoms with van der Waals surface area (Å²) in [6, 6.07) is 3.89. The summed E-state index contributed by atoms with van der Waals surface area (Å²) in [6.45, 7) is 0.143. The van der Waals surface area contributed by atoms with Gasteiger partial charge in [0.15, 0.2) is 0 Å². The molecule has 0 aromatic heterocycles. The van der Waals surface area contributed by atoms with Crippen molar-refractivity contribution in [1.82, 2.24) is 0 Å². The van der Waals surface area contributed by atoms with Crippen LogP contribution in [0, 0.1) is 28.9 Å². The lowest BCUT2D eigenvalue weighted by atomic mass is 10.1. The fourth-order valence-electron chi connectivity index (χ4n) is 1.75. The first-order chi connectivity index (χ1) is 8.02. The number of benzene rings is 1. The minimum absolute atomic E-state index is 0.000949. The van der Waals surface area contributed by atoms with Gasteiger partial charge in [-0.25, -0.2) is 8.78 Å². The van der Waals surface area contributed by atoms with Crippen LogP contribution in [0.4, 0.5) is 14.5 Å². The van der Waals surface area contributed by atoms with E-state index in [4.69, 9.17) is 5.26 Å². The predicted molar refractivity (Wildman–Crippen MR) is 60.1 cm³/mol. The Balaban J connectivity index is 2.39. The molecular formula is C11H7BrF2N2O. The third-order valence-corrected chi connectivity index (χ3v) is 3.20. The van der Waals surface area contributed by atoms with Crippen molar-refractivity contribution in [1.29, 1.82) is 5.26 Å². The first-order valence-electron chi connectivity index (χ1n) is 4.87. The van der Waals surface area contributed by atoms with Gasteiger partial charge >= 0.3 is 0 Å². The van der Waals surface area contributed by atoms with Crippen LogP contribution < -0.4 is 4.90 Å². The minimum atomic E-state index is -0.808. The molecular weight excluding hydrogens is 294 g/mol. The third kappa shape index (κ3) is 2.15. The van der Waals surface area contributed by atoms with Crippen LogP contribution >= 0.6 is 15.9 Å². The molecule has 1 aromatic carbocycles. The standard InChI is InChI=1S/C11H7BrF2N2O/c12-7-2-10(9(14)3-8(7)13)16-5-6(4-15)1-11(16)17/h2-3,6H,1,5H2. The second kappa shape index (κ2) is 4.41. The molecule has 0 spiro atoms. The van der Waals surface area contributed by atoms with Gasteiger partial charge in [-0.15, -0.1) is 0 Å². The Hall–Kier alpha value is -1.48. The smallest absolute Gasteiger partial charge is 0.228 e. The summed E-state index contributed by atoms with van der Waals surface area (Å²) >= 11 is 2.93. The molecule has 1 aliphatic rings. The lowest BCUT2D eigenvalue weighted by molar-refractivity contribution is -0.117. The monoisotopic (exact) mass is 300 g/mol. The molecule has 17 heavy (non-hydrogen) atoms. The van der Waals surface area contributed by atoms with E-state index in [0.29, 0.717) is 6.07 Å². The number of nitriles is 1. The minimum Gasteiger partial charge on any atom is -0.308 e. The van der Waals surface area contributed by atoms with Crippen LogP contribution in [0.15, 0.2) is 16.6 Å². The highest BCUT2D eigenvalue weighted by Gasteiger charge is 2.32. The van der Waals surface area contributed by atoms with Gasteiger partial charge in [-0.2, -0.15) is 5.26 Å². The SMILES string of the molecule is N#CC1CC(=O)N(c2cc(Br)c(F)cc2F)C1. The molecule has 0 saturated carbocycles. The molecule has 3 nitrogen and oxygen atoms in total. The zero-order valence-electron chi connectivity index (χ0n) is 8.58. The van der Waals surface area contributed by atoms with Gasteiger partial charge in [0.1, 0.15) is 11.6 Å². The Bertz CT molecular complexity index is 527. The summed E-state index contributed by atoms with van der Waals surface area (Å²) < 4.78 is 26.7. The van der Waals surface area contributed by atoms with Crippen molar-refractivity contribution in [2.45, 2.75) is 6.42 Å². The fourth-order valence-corrected chi connectivity index (χ4v) is 2.08. The van der Waals surface area contributed by atoms with Crippen molar-refractivity contribution in [2.24, 2.45) is 5.92 Å². The van der Waals surface area contributed by atoms with Crippen LogP contribution in [-0.4, -0.2) is 12.5 Å². The molecule has 6 heteroatoms. The average molecular weight is 301 g/mol. The Morgan fingerprint density at radius 1 is 1.41 bits per heavy atom. The lowest BCUT2D eigenvalue weighted by Gasteiger charge is -2.17. The van der Waals surface area contributed by atoms with E-state index in [0.717, 1.165) is 0 Å². The zero-order valence-corrected chi connectivity index (χ0v) is 10.2. The van der Waals surface area contributed by atoms with E-state index >= 15 is 0 Å². The number of anilines is 1. The first kappa shape index (κ1) is 12.0. The topological polar surface area (TPSA) is 44.1 Å². The highest BCUT2D eigenvalue weighted by atomic mass is 79.9. The summed E-state index contributed by atoms with van der Waals surface area (Å²) in [7, 11) is 0. The van der Waals surface area contributed by atoms with E-state index in [1.165, 1.54) is 11.0 Å². The van der Waals surface area contributed by atoms with Gasteiger partial charge in [0.05, 0.1) is 22.1 Å². The van der Waals surface area contributed by atoms with Gasteiger partial charge in [-0.1, -0.05) is 0 Å². The van der Waals surface area contributed by atoms with Crippen LogP contribution in [0.3, 0.4) is 0 Å². The normalized spacial score (nSPS) is 19.5. The Labute approximate surface area is 105 Å². The van der Waals surface area contributed by atoms with Crippen molar-refractivity contribution in [3.05, 3.63) is 28.2 Å². The van der Waals surface area contributed by atoms with Crippen LogP contribution in [0.1, 0.15) is 6.42 Å². The van der Waals surface area contributed by atoms with Crippen LogP contribution in [0.5, 0.6) is 0 Å². The van der Waals surface area contributed by atoms with Crippen molar-refractivity contribution < 1.29 is 13.6 Å². The number of carbonyl (C=O) groups excluding carboxylic acids is 1. The Kier molecular flexibility index (Phi) is 3.11. The molecule has 1 unspecified atom stereocenters. The Morgan fingerprint density at radius 3 is 2.71 bits per heavy atom. The fraction of sp³-hybridized carbons (Fsp3) is 0.273. The van der Waals surface area contributed by atoms with E-state index in [9.17, 15) is 13.6 Å². The third-order valence-electron chi connectivity index (χ3n) is 2.59. The quantitative estimate of drug-likeness (QED) is 0.748. The van der Waals surface area contributed by atoms with Crippen molar-refractivity contribution in [2.75, 3.05) is 11.4 Å². The summed E-state index contributed by atoms with van der Waals surface area (Å²) in [6.07, 6.45) is 0.0743.